The average Bonchev–Trinajstić information content (AvgIpc) is 3.04. The molecule has 2 aliphatic carbocycles. The van der Waals surface area contributed by atoms with E-state index in [0.717, 1.165) is 18.0 Å². The Labute approximate surface area is 93.4 Å². The molecule has 0 aromatic heterocycles. The summed E-state index contributed by atoms with van der Waals surface area (Å²) in [7, 11) is 0. The molecule has 0 radical (unpaired) electrons. The predicted molar refractivity (Wildman–Crippen MR) is 62.9 cm³/mol. The quantitative estimate of drug-likeness (QED) is 0.760. The summed E-state index contributed by atoms with van der Waals surface area (Å²) < 4.78 is 0. The van der Waals surface area contributed by atoms with Gasteiger partial charge in [-0.05, 0) is 51.9 Å². The van der Waals surface area contributed by atoms with E-state index in [1.165, 1.54) is 45.2 Å². The van der Waals surface area contributed by atoms with Crippen LogP contribution in [0.1, 0.15) is 46.0 Å². The highest BCUT2D eigenvalue weighted by Crippen LogP contribution is 2.43. The van der Waals surface area contributed by atoms with Crippen molar-refractivity contribution >= 4 is 0 Å². The molecule has 0 aromatic carbocycles. The molecule has 2 heteroatoms. The van der Waals surface area contributed by atoms with E-state index in [1.54, 1.807) is 0 Å². The van der Waals surface area contributed by atoms with Crippen LogP contribution in [-0.2, 0) is 0 Å². The summed E-state index contributed by atoms with van der Waals surface area (Å²) in [5.74, 6) is 0.983. The average molecular weight is 208 g/mol. The Balaban J connectivity index is 1.54. The Kier molecular flexibility index (Phi) is 2.33. The van der Waals surface area contributed by atoms with E-state index >= 15 is 0 Å². The standard InChI is InChI=1S/C13H24N2/c1-13(2,10-3-4-10)15-8-7-12(9-15)14-11-5-6-11/h10-12,14H,3-9H2,1-2H3. The van der Waals surface area contributed by atoms with Crippen LogP contribution >= 0.6 is 0 Å². The van der Waals surface area contributed by atoms with Crippen LogP contribution < -0.4 is 5.32 Å². The Morgan fingerprint density at radius 2 is 1.73 bits per heavy atom. The van der Waals surface area contributed by atoms with Gasteiger partial charge in [-0.15, -0.1) is 0 Å². The third-order valence-electron chi connectivity index (χ3n) is 4.63. The van der Waals surface area contributed by atoms with Gasteiger partial charge in [-0.2, -0.15) is 0 Å². The molecule has 1 atom stereocenters. The van der Waals surface area contributed by atoms with Gasteiger partial charge in [0.25, 0.3) is 0 Å². The smallest absolute Gasteiger partial charge is 0.0209 e. The molecule has 0 bridgehead atoms. The van der Waals surface area contributed by atoms with Crippen molar-refractivity contribution in [3.05, 3.63) is 0 Å². The molecule has 3 fully saturated rings. The minimum Gasteiger partial charge on any atom is -0.310 e. The van der Waals surface area contributed by atoms with Gasteiger partial charge in [0.2, 0.25) is 0 Å². The van der Waals surface area contributed by atoms with Crippen molar-refractivity contribution in [3.63, 3.8) is 0 Å². The summed E-state index contributed by atoms with van der Waals surface area (Å²) in [4.78, 5) is 2.73. The van der Waals surface area contributed by atoms with Crippen LogP contribution in [0.15, 0.2) is 0 Å². The lowest BCUT2D eigenvalue weighted by atomic mass is 9.97. The lowest BCUT2D eigenvalue weighted by molar-refractivity contribution is 0.127. The van der Waals surface area contributed by atoms with Crippen LogP contribution in [0.5, 0.6) is 0 Å². The van der Waals surface area contributed by atoms with Gasteiger partial charge in [-0.25, -0.2) is 0 Å². The van der Waals surface area contributed by atoms with Crippen LogP contribution in [0.25, 0.3) is 0 Å². The van der Waals surface area contributed by atoms with Gasteiger partial charge in [0.05, 0.1) is 0 Å². The molecule has 1 heterocycles. The number of nitrogens with one attached hydrogen (secondary N) is 1. The van der Waals surface area contributed by atoms with Crippen molar-refractivity contribution in [2.24, 2.45) is 5.92 Å². The molecule has 2 saturated carbocycles. The first-order valence-corrected chi connectivity index (χ1v) is 6.67. The third kappa shape index (κ3) is 2.07. The first-order chi connectivity index (χ1) is 7.16. The number of rotatable bonds is 4. The van der Waals surface area contributed by atoms with Crippen molar-refractivity contribution in [2.75, 3.05) is 13.1 Å². The molecular weight excluding hydrogens is 184 g/mol. The zero-order chi connectivity index (χ0) is 10.5. The zero-order valence-electron chi connectivity index (χ0n) is 10.1. The first kappa shape index (κ1) is 10.1. The number of likely N-dealkylation sites (tertiary alicyclic amines) is 1. The second-order valence-electron chi connectivity index (χ2n) is 6.30. The van der Waals surface area contributed by atoms with Gasteiger partial charge >= 0.3 is 0 Å². The van der Waals surface area contributed by atoms with E-state index in [0.29, 0.717) is 5.54 Å². The van der Waals surface area contributed by atoms with Crippen molar-refractivity contribution in [2.45, 2.75) is 63.6 Å². The maximum Gasteiger partial charge on any atom is 0.0209 e. The van der Waals surface area contributed by atoms with Crippen LogP contribution in [0.4, 0.5) is 0 Å². The summed E-state index contributed by atoms with van der Waals surface area (Å²) in [6, 6.07) is 1.66. The molecule has 15 heavy (non-hydrogen) atoms. The summed E-state index contributed by atoms with van der Waals surface area (Å²) >= 11 is 0. The molecule has 0 aromatic rings. The van der Waals surface area contributed by atoms with Gasteiger partial charge in [0.1, 0.15) is 0 Å². The molecule has 3 aliphatic rings. The Morgan fingerprint density at radius 3 is 2.33 bits per heavy atom. The Hall–Kier alpha value is -0.0800. The predicted octanol–water partition coefficient (Wildman–Crippen LogP) is 2.00. The molecule has 86 valence electrons. The summed E-state index contributed by atoms with van der Waals surface area (Å²) in [6.45, 7) is 7.50. The molecule has 1 aliphatic heterocycles. The SMILES string of the molecule is CC(C)(C1CC1)N1CCC(NC2CC2)C1. The highest BCUT2D eigenvalue weighted by molar-refractivity contribution is 5.00. The highest BCUT2D eigenvalue weighted by Gasteiger charge is 2.44. The lowest BCUT2D eigenvalue weighted by Gasteiger charge is -2.36. The van der Waals surface area contributed by atoms with E-state index in [1.807, 2.05) is 0 Å². The largest absolute Gasteiger partial charge is 0.310 e. The van der Waals surface area contributed by atoms with Crippen LogP contribution in [-0.4, -0.2) is 35.6 Å². The molecule has 1 saturated heterocycles. The lowest BCUT2D eigenvalue weighted by Crippen LogP contribution is -2.46. The van der Waals surface area contributed by atoms with Crippen molar-refractivity contribution in [1.29, 1.82) is 0 Å². The van der Waals surface area contributed by atoms with Gasteiger partial charge in [0.15, 0.2) is 0 Å². The minimum atomic E-state index is 0.472. The second kappa shape index (κ2) is 3.46. The topological polar surface area (TPSA) is 15.3 Å². The second-order valence-corrected chi connectivity index (χ2v) is 6.30. The van der Waals surface area contributed by atoms with Gasteiger partial charge in [-0.1, -0.05) is 0 Å². The van der Waals surface area contributed by atoms with Crippen molar-refractivity contribution in [3.8, 4) is 0 Å². The molecule has 1 unspecified atom stereocenters. The molecule has 3 rings (SSSR count). The van der Waals surface area contributed by atoms with E-state index in [4.69, 9.17) is 0 Å². The summed E-state index contributed by atoms with van der Waals surface area (Å²) in [5, 5.41) is 3.77. The van der Waals surface area contributed by atoms with E-state index in [9.17, 15) is 0 Å². The van der Waals surface area contributed by atoms with Crippen LogP contribution in [0, 0.1) is 5.92 Å². The Morgan fingerprint density at radius 1 is 1.00 bits per heavy atom. The number of hydrogen-bond donors (Lipinski definition) is 1. The minimum absolute atomic E-state index is 0.472. The van der Waals surface area contributed by atoms with Crippen molar-refractivity contribution < 1.29 is 0 Å². The highest BCUT2D eigenvalue weighted by atomic mass is 15.2. The van der Waals surface area contributed by atoms with E-state index in [-0.39, 0.29) is 0 Å². The maximum absolute atomic E-state index is 3.77. The summed E-state index contributed by atoms with van der Waals surface area (Å²) in [6.07, 6.45) is 7.13. The van der Waals surface area contributed by atoms with Crippen molar-refractivity contribution in [1.82, 2.24) is 10.2 Å². The van der Waals surface area contributed by atoms with Gasteiger partial charge < -0.3 is 5.32 Å². The molecule has 0 amide bonds. The zero-order valence-corrected chi connectivity index (χ0v) is 10.1. The fourth-order valence-electron chi connectivity index (χ4n) is 3.05. The normalized spacial score (nSPS) is 33.6. The monoisotopic (exact) mass is 208 g/mol. The summed E-state index contributed by atoms with van der Waals surface area (Å²) in [5.41, 5.74) is 0.472. The molecule has 0 spiro atoms. The number of hydrogen-bond acceptors (Lipinski definition) is 2. The molecule has 2 nitrogen and oxygen atoms in total. The molecular formula is C13H24N2. The van der Waals surface area contributed by atoms with E-state index in [2.05, 4.69) is 24.1 Å². The first-order valence-electron chi connectivity index (χ1n) is 6.67. The third-order valence-corrected chi connectivity index (χ3v) is 4.63. The fraction of sp³-hybridized carbons (Fsp3) is 1.00. The maximum atomic E-state index is 3.77. The van der Waals surface area contributed by atoms with Crippen LogP contribution in [0.3, 0.4) is 0 Å². The van der Waals surface area contributed by atoms with E-state index < -0.39 is 0 Å². The number of nitrogens with zero attached hydrogens (tertiary/aromatic N) is 1. The van der Waals surface area contributed by atoms with Gasteiger partial charge in [0, 0.05) is 30.7 Å². The van der Waals surface area contributed by atoms with Crippen LogP contribution in [0.2, 0.25) is 0 Å². The van der Waals surface area contributed by atoms with Gasteiger partial charge in [-0.3, -0.25) is 4.90 Å². The Bertz CT molecular complexity index is 241. The molecule has 1 N–H and O–H groups in total. The fourth-order valence-corrected chi connectivity index (χ4v) is 3.05.